The van der Waals surface area contributed by atoms with Gasteiger partial charge in [0.15, 0.2) is 24.7 Å². The third-order valence-corrected chi connectivity index (χ3v) is 12.3. The third kappa shape index (κ3) is 8.98. The average Bonchev–Trinajstić information content (AvgIpc) is 3.63. The summed E-state index contributed by atoms with van der Waals surface area (Å²) < 4.78 is 15.6. The third-order valence-electron chi connectivity index (χ3n) is 9.48. The zero-order valence-corrected chi connectivity index (χ0v) is 37.6. The van der Waals surface area contributed by atoms with E-state index < -0.39 is 6.10 Å². The monoisotopic (exact) mass is 1020 g/mol. The minimum absolute atomic E-state index is 0.106. The molecule has 0 aliphatic heterocycles. The SMILES string of the molecule is COc1cccc(NC(SC)C(=O)Cn2c3ccc(Br)cc3c3cc(Br)ccc32)c1.Nc1ccc[n+](CC(O)Cn2c3ccc(Br)cc3c3cc(Br)ccc32)c1. The highest BCUT2D eigenvalue weighted by atomic mass is 79.9. The lowest BCUT2D eigenvalue weighted by Gasteiger charge is -2.18. The molecule has 0 fully saturated rings. The van der Waals surface area contributed by atoms with Crippen LogP contribution < -0.4 is 20.4 Å². The Kier molecular flexibility index (Phi) is 12.8. The second kappa shape index (κ2) is 17.7. The van der Waals surface area contributed by atoms with Crippen molar-refractivity contribution in [2.45, 2.75) is 31.1 Å². The predicted molar refractivity (Wildman–Crippen MR) is 246 cm³/mol. The number of carbonyl (C=O) groups is 1. The van der Waals surface area contributed by atoms with Gasteiger partial charge < -0.3 is 30.0 Å². The molecule has 8 nitrogen and oxygen atoms in total. The quantitative estimate of drug-likeness (QED) is 0.0882. The average molecular weight is 1020 g/mol. The van der Waals surface area contributed by atoms with Crippen LogP contribution in [0.5, 0.6) is 5.75 Å². The normalized spacial score (nSPS) is 12.5. The number of carbonyl (C=O) groups excluding carboxylic acids is 1. The molecule has 0 spiro atoms. The lowest BCUT2D eigenvalue weighted by Crippen LogP contribution is -2.40. The fourth-order valence-electron chi connectivity index (χ4n) is 7.01. The summed E-state index contributed by atoms with van der Waals surface area (Å²) in [7, 11) is 1.63. The number of halogens is 4. The van der Waals surface area contributed by atoms with Gasteiger partial charge in [-0.05, 0) is 97.3 Å². The standard InChI is InChI=1S/C23H20Br2N2O2S.C20H18Br2N3O/c1-29-17-5-3-4-16(12-17)26-23(30-2)22(28)13-27-20-8-6-14(24)10-18(20)19-11-15(25)7-9-21(19)27;21-13-3-5-19-17(8-13)18-9-14(22)4-6-20(18)25(19)12-16(26)11-24-7-1-2-15(23)10-24/h3-12,23,26H,13H2,1-2H3;1-10,16,26H,11-12,23H2/q;+1. The number of ether oxygens (including phenoxy) is 1. The van der Waals surface area contributed by atoms with Crippen LogP contribution in [-0.2, 0) is 24.4 Å². The highest BCUT2D eigenvalue weighted by molar-refractivity contribution is 9.11. The Bertz CT molecular complexity index is 2600. The van der Waals surface area contributed by atoms with Crippen LogP contribution in [0.15, 0.2) is 139 Å². The van der Waals surface area contributed by atoms with Crippen LogP contribution in [0.2, 0.25) is 0 Å². The summed E-state index contributed by atoms with van der Waals surface area (Å²) in [6.45, 7) is 1.27. The Morgan fingerprint density at radius 3 is 1.77 bits per heavy atom. The van der Waals surface area contributed by atoms with Gasteiger partial charge in [0, 0.05) is 79.3 Å². The van der Waals surface area contributed by atoms with Gasteiger partial charge in [-0.25, -0.2) is 4.57 Å². The largest absolute Gasteiger partial charge is 0.497 e. The Morgan fingerprint density at radius 2 is 1.29 bits per heavy atom. The first-order valence-electron chi connectivity index (χ1n) is 17.6. The molecule has 13 heteroatoms. The summed E-state index contributed by atoms with van der Waals surface area (Å²) in [4.78, 5) is 13.3. The second-order valence-electron chi connectivity index (χ2n) is 13.3. The van der Waals surface area contributed by atoms with Gasteiger partial charge in [0.05, 0.1) is 25.9 Å². The van der Waals surface area contributed by atoms with Crippen LogP contribution in [0.25, 0.3) is 43.6 Å². The maximum absolute atomic E-state index is 13.3. The number of aliphatic hydroxyl groups excluding tert-OH is 1. The Morgan fingerprint density at radius 1 is 0.768 bits per heavy atom. The fourth-order valence-corrected chi connectivity index (χ4v) is 9.04. The van der Waals surface area contributed by atoms with Gasteiger partial charge >= 0.3 is 0 Å². The van der Waals surface area contributed by atoms with Gasteiger partial charge in [0.2, 0.25) is 0 Å². The molecule has 8 rings (SSSR count). The molecule has 56 heavy (non-hydrogen) atoms. The summed E-state index contributed by atoms with van der Waals surface area (Å²) in [5.74, 6) is 0.862. The molecule has 3 heterocycles. The number of hydrogen-bond acceptors (Lipinski definition) is 6. The van der Waals surface area contributed by atoms with Gasteiger partial charge in [-0.1, -0.05) is 69.8 Å². The van der Waals surface area contributed by atoms with Crippen molar-refractivity contribution in [2.24, 2.45) is 0 Å². The van der Waals surface area contributed by atoms with Gasteiger partial charge in [0.25, 0.3) is 0 Å². The van der Waals surface area contributed by atoms with Crippen molar-refractivity contribution < 1.29 is 19.2 Å². The zero-order chi connectivity index (χ0) is 39.5. The molecule has 0 aliphatic rings. The molecule has 0 bridgehead atoms. The number of Topliss-reactive ketones (excluding diaryl/α,β-unsaturated/α-hetero) is 1. The van der Waals surface area contributed by atoms with E-state index in [0.29, 0.717) is 18.8 Å². The molecule has 0 amide bonds. The Labute approximate surface area is 362 Å². The van der Waals surface area contributed by atoms with Crippen LogP contribution in [-0.4, -0.2) is 44.9 Å². The lowest BCUT2D eigenvalue weighted by atomic mass is 10.2. The van der Waals surface area contributed by atoms with E-state index >= 15 is 0 Å². The molecule has 8 aromatic rings. The van der Waals surface area contributed by atoms with E-state index in [4.69, 9.17) is 10.5 Å². The van der Waals surface area contributed by atoms with Crippen LogP contribution in [0.4, 0.5) is 11.4 Å². The second-order valence-corrected chi connectivity index (χ2v) is 17.9. The molecule has 286 valence electrons. The molecular formula is C43H38Br4N5O3S+. The van der Waals surface area contributed by atoms with Crippen LogP contribution in [0, 0.1) is 0 Å². The maximum Gasteiger partial charge on any atom is 0.191 e. The number of hydrogen-bond donors (Lipinski definition) is 3. The number of ketones is 1. The molecule has 0 radical (unpaired) electrons. The number of aromatic nitrogens is 3. The maximum atomic E-state index is 13.3. The smallest absolute Gasteiger partial charge is 0.191 e. The van der Waals surface area contributed by atoms with Gasteiger partial charge in [-0.15, -0.1) is 11.8 Å². The fraction of sp³-hybridized carbons (Fsp3) is 0.163. The number of benzene rings is 5. The van der Waals surface area contributed by atoms with Gasteiger partial charge in [0.1, 0.15) is 17.2 Å². The van der Waals surface area contributed by atoms with E-state index in [2.05, 4.69) is 127 Å². The molecule has 0 aliphatic carbocycles. The van der Waals surface area contributed by atoms with Crippen LogP contribution in [0.3, 0.4) is 0 Å². The van der Waals surface area contributed by atoms with Crippen molar-refractivity contribution in [2.75, 3.05) is 24.4 Å². The van der Waals surface area contributed by atoms with Gasteiger partial charge in [-0.2, -0.15) is 0 Å². The van der Waals surface area contributed by atoms with Crippen molar-refractivity contribution in [1.29, 1.82) is 0 Å². The molecule has 4 N–H and O–H groups in total. The number of rotatable bonds is 11. The van der Waals surface area contributed by atoms with E-state index in [0.717, 1.165) is 62.2 Å². The highest BCUT2D eigenvalue weighted by Gasteiger charge is 2.21. The van der Waals surface area contributed by atoms with E-state index in [-0.39, 0.29) is 17.7 Å². The zero-order valence-electron chi connectivity index (χ0n) is 30.4. The number of thioether (sulfide) groups is 1. The topological polar surface area (TPSA) is 98.3 Å². The molecular weight excluding hydrogens is 986 g/mol. The number of anilines is 2. The summed E-state index contributed by atoms with van der Waals surface area (Å²) in [6.07, 6.45) is 5.16. The minimum atomic E-state index is -0.534. The number of methoxy groups -OCH3 is 1. The first kappa shape index (κ1) is 40.4. The number of pyridine rings is 1. The number of aliphatic hydroxyl groups is 1. The molecule has 5 aromatic carbocycles. The first-order chi connectivity index (χ1) is 27.0. The molecule has 3 aromatic heterocycles. The highest BCUT2D eigenvalue weighted by Crippen LogP contribution is 2.35. The Hall–Kier alpha value is -3.85. The summed E-state index contributed by atoms with van der Waals surface area (Å²) >= 11 is 15.8. The summed E-state index contributed by atoms with van der Waals surface area (Å²) in [6, 6.07) is 36.2. The summed E-state index contributed by atoms with van der Waals surface area (Å²) in [5.41, 5.74) is 11.7. The van der Waals surface area contributed by atoms with E-state index in [1.807, 2.05) is 83.9 Å². The Balaban J connectivity index is 0.000000173. The van der Waals surface area contributed by atoms with E-state index in [1.54, 1.807) is 7.11 Å². The van der Waals surface area contributed by atoms with E-state index in [1.165, 1.54) is 22.5 Å². The van der Waals surface area contributed by atoms with Crippen molar-refractivity contribution in [3.63, 3.8) is 0 Å². The molecule has 2 atom stereocenters. The summed E-state index contributed by atoms with van der Waals surface area (Å²) in [5, 5.41) is 18.2. The number of fused-ring (bicyclic) bond motifs is 6. The van der Waals surface area contributed by atoms with Gasteiger partial charge in [-0.3, -0.25) is 4.79 Å². The number of nitrogens with one attached hydrogen (secondary N) is 1. The van der Waals surface area contributed by atoms with Crippen molar-refractivity contribution in [3.8, 4) is 5.75 Å². The predicted octanol–water partition coefficient (Wildman–Crippen LogP) is 10.9. The first-order valence-corrected chi connectivity index (χ1v) is 22.1. The minimum Gasteiger partial charge on any atom is -0.497 e. The number of nitrogen functional groups attached to an aromatic ring is 1. The molecule has 2 unspecified atom stereocenters. The number of nitrogens with two attached hydrogens (primary N) is 1. The van der Waals surface area contributed by atoms with Crippen molar-refractivity contribution in [3.05, 3.63) is 139 Å². The van der Waals surface area contributed by atoms with Crippen LogP contribution >= 0.6 is 75.5 Å². The van der Waals surface area contributed by atoms with Crippen LogP contribution in [0.1, 0.15) is 0 Å². The van der Waals surface area contributed by atoms with E-state index in [9.17, 15) is 9.90 Å². The van der Waals surface area contributed by atoms with Crippen molar-refractivity contribution >= 4 is 136 Å². The van der Waals surface area contributed by atoms with Crippen molar-refractivity contribution in [1.82, 2.24) is 9.13 Å². The molecule has 0 saturated heterocycles. The lowest BCUT2D eigenvalue weighted by molar-refractivity contribution is -0.703. The number of nitrogens with zero attached hydrogens (tertiary/aromatic N) is 3. The molecule has 0 saturated carbocycles.